The summed E-state index contributed by atoms with van der Waals surface area (Å²) in [5.74, 6) is -1.69. The lowest BCUT2D eigenvalue weighted by molar-refractivity contribution is 0.527. The summed E-state index contributed by atoms with van der Waals surface area (Å²) in [6.45, 7) is 1.94. The molecule has 1 rings (SSSR count). The summed E-state index contributed by atoms with van der Waals surface area (Å²) in [6.07, 6.45) is 1.33. The molecule has 0 N–H and O–H groups in total. The summed E-state index contributed by atoms with van der Waals surface area (Å²) in [5.41, 5.74) is 0. The maximum Gasteiger partial charge on any atom is 0.181 e. The Morgan fingerprint density at radius 3 is 2.50 bits per heavy atom. The lowest BCUT2D eigenvalue weighted by atomic mass is 10.1. The molecule has 0 amide bonds. The SMILES string of the molecule is CC(CCBr)CCS(=O)(=O)c1ccc(F)cc1F. The van der Waals surface area contributed by atoms with Crippen LogP contribution in [0.15, 0.2) is 23.1 Å². The van der Waals surface area contributed by atoms with Gasteiger partial charge in [-0.1, -0.05) is 22.9 Å². The highest BCUT2D eigenvalue weighted by atomic mass is 79.9. The van der Waals surface area contributed by atoms with Crippen molar-refractivity contribution in [3.8, 4) is 0 Å². The summed E-state index contributed by atoms with van der Waals surface area (Å²) in [4.78, 5) is -0.421. The van der Waals surface area contributed by atoms with E-state index in [1.807, 2.05) is 6.92 Å². The van der Waals surface area contributed by atoms with Gasteiger partial charge in [-0.05, 0) is 30.9 Å². The molecule has 0 aliphatic heterocycles. The molecule has 0 radical (unpaired) electrons. The van der Waals surface area contributed by atoms with Crippen LogP contribution in [0.25, 0.3) is 0 Å². The molecular formula is C12H15BrF2O2S. The monoisotopic (exact) mass is 340 g/mol. The van der Waals surface area contributed by atoms with Crippen molar-refractivity contribution in [1.82, 2.24) is 0 Å². The maximum atomic E-state index is 13.4. The van der Waals surface area contributed by atoms with Crippen LogP contribution in [0.1, 0.15) is 19.8 Å². The lowest BCUT2D eigenvalue weighted by Crippen LogP contribution is -2.12. The molecule has 0 aliphatic rings. The van der Waals surface area contributed by atoms with E-state index in [9.17, 15) is 17.2 Å². The van der Waals surface area contributed by atoms with E-state index in [1.165, 1.54) is 0 Å². The van der Waals surface area contributed by atoms with Crippen molar-refractivity contribution in [1.29, 1.82) is 0 Å². The molecule has 0 saturated carbocycles. The molecule has 0 aliphatic carbocycles. The first-order valence-electron chi connectivity index (χ1n) is 5.60. The second kappa shape index (κ2) is 6.61. The zero-order valence-corrected chi connectivity index (χ0v) is 12.4. The Labute approximate surface area is 114 Å². The topological polar surface area (TPSA) is 34.1 Å². The largest absolute Gasteiger partial charge is 0.224 e. The number of hydrogen-bond acceptors (Lipinski definition) is 2. The van der Waals surface area contributed by atoms with E-state index in [4.69, 9.17) is 0 Å². The second-order valence-electron chi connectivity index (χ2n) is 4.27. The molecule has 1 aromatic rings. The van der Waals surface area contributed by atoms with Gasteiger partial charge in [0.1, 0.15) is 16.5 Å². The van der Waals surface area contributed by atoms with Gasteiger partial charge in [-0.15, -0.1) is 0 Å². The van der Waals surface area contributed by atoms with Crippen LogP contribution in [-0.2, 0) is 9.84 Å². The Hall–Kier alpha value is -0.490. The minimum absolute atomic E-state index is 0.121. The third kappa shape index (κ3) is 4.31. The molecule has 0 aromatic heterocycles. The molecule has 0 heterocycles. The molecule has 2 nitrogen and oxygen atoms in total. The maximum absolute atomic E-state index is 13.4. The average Bonchev–Trinajstić information content (AvgIpc) is 2.26. The standard InChI is InChI=1S/C12H15BrF2O2S/c1-9(4-6-13)5-7-18(16,17)12-3-2-10(14)8-11(12)15/h2-3,8-9H,4-7H2,1H3. The highest BCUT2D eigenvalue weighted by Crippen LogP contribution is 2.20. The van der Waals surface area contributed by atoms with E-state index in [0.29, 0.717) is 12.5 Å². The van der Waals surface area contributed by atoms with Crippen LogP contribution in [0.3, 0.4) is 0 Å². The van der Waals surface area contributed by atoms with Crippen LogP contribution in [0.5, 0.6) is 0 Å². The van der Waals surface area contributed by atoms with Crippen LogP contribution in [0, 0.1) is 17.6 Å². The highest BCUT2D eigenvalue weighted by molar-refractivity contribution is 9.09. The van der Waals surface area contributed by atoms with Gasteiger partial charge < -0.3 is 0 Å². The Bertz CT molecular complexity index is 503. The predicted octanol–water partition coefficient (Wildman–Crippen LogP) is 3.55. The molecule has 1 atom stereocenters. The van der Waals surface area contributed by atoms with Crippen LogP contribution in [-0.4, -0.2) is 19.5 Å². The van der Waals surface area contributed by atoms with E-state index in [0.717, 1.165) is 23.9 Å². The number of halogens is 3. The van der Waals surface area contributed by atoms with Crippen LogP contribution >= 0.6 is 15.9 Å². The van der Waals surface area contributed by atoms with Gasteiger partial charge >= 0.3 is 0 Å². The third-order valence-corrected chi connectivity index (χ3v) is 4.94. The average molecular weight is 341 g/mol. The van der Waals surface area contributed by atoms with Gasteiger partial charge in [0.05, 0.1) is 5.75 Å². The smallest absolute Gasteiger partial charge is 0.181 e. The van der Waals surface area contributed by atoms with Gasteiger partial charge in [0.25, 0.3) is 0 Å². The van der Waals surface area contributed by atoms with Crippen molar-refractivity contribution in [3.63, 3.8) is 0 Å². The van der Waals surface area contributed by atoms with Crippen molar-refractivity contribution in [3.05, 3.63) is 29.8 Å². The van der Waals surface area contributed by atoms with E-state index in [1.54, 1.807) is 0 Å². The molecule has 0 fully saturated rings. The van der Waals surface area contributed by atoms with E-state index >= 15 is 0 Å². The zero-order valence-electron chi connectivity index (χ0n) is 10.00. The first-order valence-corrected chi connectivity index (χ1v) is 8.38. The molecule has 0 spiro atoms. The minimum atomic E-state index is -3.68. The molecule has 1 unspecified atom stereocenters. The Morgan fingerprint density at radius 2 is 1.94 bits per heavy atom. The van der Waals surface area contributed by atoms with Crippen LogP contribution in [0.4, 0.5) is 8.78 Å². The quantitative estimate of drug-likeness (QED) is 0.586. The van der Waals surface area contributed by atoms with Gasteiger partial charge in [0.2, 0.25) is 0 Å². The fourth-order valence-electron chi connectivity index (χ4n) is 1.52. The van der Waals surface area contributed by atoms with Gasteiger partial charge in [-0.3, -0.25) is 0 Å². The Morgan fingerprint density at radius 1 is 1.28 bits per heavy atom. The van der Waals surface area contributed by atoms with E-state index in [2.05, 4.69) is 15.9 Å². The van der Waals surface area contributed by atoms with Crippen molar-refractivity contribution in [2.45, 2.75) is 24.7 Å². The number of rotatable bonds is 6. The van der Waals surface area contributed by atoms with Gasteiger partial charge in [0.15, 0.2) is 9.84 Å². The van der Waals surface area contributed by atoms with Crippen molar-refractivity contribution in [2.75, 3.05) is 11.1 Å². The first kappa shape index (κ1) is 15.6. The number of benzene rings is 1. The fraction of sp³-hybridized carbons (Fsp3) is 0.500. The Kier molecular flexibility index (Phi) is 5.72. The van der Waals surface area contributed by atoms with Gasteiger partial charge in [-0.2, -0.15) is 0 Å². The van der Waals surface area contributed by atoms with Crippen LogP contribution in [0.2, 0.25) is 0 Å². The molecule has 0 bridgehead atoms. The van der Waals surface area contributed by atoms with Crippen molar-refractivity contribution >= 4 is 25.8 Å². The van der Waals surface area contributed by atoms with Crippen LogP contribution < -0.4 is 0 Å². The molecule has 18 heavy (non-hydrogen) atoms. The molecule has 102 valence electrons. The normalized spacial score (nSPS) is 13.6. The van der Waals surface area contributed by atoms with E-state index in [-0.39, 0.29) is 11.7 Å². The number of alkyl halides is 1. The van der Waals surface area contributed by atoms with E-state index < -0.39 is 26.4 Å². The first-order chi connectivity index (χ1) is 8.36. The number of hydrogen-bond donors (Lipinski definition) is 0. The summed E-state index contributed by atoms with van der Waals surface area (Å²) in [5, 5.41) is 0.805. The summed E-state index contributed by atoms with van der Waals surface area (Å²) < 4.78 is 49.9. The van der Waals surface area contributed by atoms with Gasteiger partial charge in [-0.25, -0.2) is 17.2 Å². The lowest BCUT2D eigenvalue weighted by Gasteiger charge is -2.10. The predicted molar refractivity (Wildman–Crippen MR) is 70.6 cm³/mol. The number of sulfone groups is 1. The van der Waals surface area contributed by atoms with Gasteiger partial charge in [0, 0.05) is 11.4 Å². The molecular weight excluding hydrogens is 326 g/mol. The second-order valence-corrected chi connectivity index (χ2v) is 7.14. The fourth-order valence-corrected chi connectivity index (χ4v) is 3.87. The summed E-state index contributed by atoms with van der Waals surface area (Å²) in [7, 11) is -3.68. The molecule has 1 aromatic carbocycles. The molecule has 0 saturated heterocycles. The minimum Gasteiger partial charge on any atom is -0.224 e. The summed E-state index contributed by atoms with van der Waals surface area (Å²) in [6, 6.07) is 2.53. The Balaban J connectivity index is 2.80. The highest BCUT2D eigenvalue weighted by Gasteiger charge is 2.20. The molecule has 6 heteroatoms. The van der Waals surface area contributed by atoms with Crippen molar-refractivity contribution in [2.24, 2.45) is 5.92 Å². The summed E-state index contributed by atoms with van der Waals surface area (Å²) >= 11 is 3.28. The van der Waals surface area contributed by atoms with Crippen molar-refractivity contribution < 1.29 is 17.2 Å². The zero-order chi connectivity index (χ0) is 13.8. The third-order valence-electron chi connectivity index (χ3n) is 2.71.